The van der Waals surface area contributed by atoms with Crippen molar-refractivity contribution in [3.63, 3.8) is 0 Å². The Bertz CT molecular complexity index is 701. The molecule has 7 nitrogen and oxygen atoms in total. The summed E-state index contributed by atoms with van der Waals surface area (Å²) in [6.07, 6.45) is 2.28. The predicted octanol–water partition coefficient (Wildman–Crippen LogP) is 2.53. The summed E-state index contributed by atoms with van der Waals surface area (Å²) in [5, 5.41) is 0. The molecule has 0 bridgehead atoms. The Morgan fingerprint density at radius 3 is 2.24 bits per heavy atom. The fraction of sp³-hybridized carbons (Fsp3) is 0.278. The number of ether oxygens (including phenoxy) is 2. The quantitative estimate of drug-likeness (QED) is 0.858. The van der Waals surface area contributed by atoms with Crippen molar-refractivity contribution in [2.24, 2.45) is 0 Å². The van der Waals surface area contributed by atoms with Crippen LogP contribution in [0.3, 0.4) is 0 Å². The van der Waals surface area contributed by atoms with Gasteiger partial charge in [0.25, 0.3) is 0 Å². The zero-order chi connectivity index (χ0) is 17.5. The third-order valence-corrected chi connectivity index (χ3v) is 3.84. The average molecular weight is 341 g/mol. The van der Waals surface area contributed by atoms with Crippen LogP contribution >= 0.6 is 0 Å². The topological polar surface area (TPSA) is 72.0 Å². The van der Waals surface area contributed by atoms with Crippen LogP contribution in [0.1, 0.15) is 5.56 Å². The Morgan fingerprint density at radius 1 is 0.920 bits per heavy atom. The summed E-state index contributed by atoms with van der Waals surface area (Å²) in [4.78, 5) is 31.3. The van der Waals surface area contributed by atoms with Gasteiger partial charge in [0.2, 0.25) is 0 Å². The third-order valence-electron chi connectivity index (χ3n) is 3.84. The number of hydrogen-bond acceptors (Lipinski definition) is 5. The minimum Gasteiger partial charge on any atom is -0.445 e. The maximum atomic E-state index is 12.1. The molecule has 2 aromatic rings. The molecule has 0 atom stereocenters. The standard InChI is InChI=1S/C18H19N3O4/c22-17(24-14-15-5-2-1-3-6-15)20-9-11-21(12-10-20)18(23)25-16-7-4-8-19-13-16/h1-8,13H,9-12,14H2. The van der Waals surface area contributed by atoms with Crippen LogP contribution in [-0.2, 0) is 11.3 Å². The smallest absolute Gasteiger partial charge is 0.415 e. The van der Waals surface area contributed by atoms with Crippen molar-refractivity contribution < 1.29 is 19.1 Å². The van der Waals surface area contributed by atoms with Crippen LogP contribution in [0.15, 0.2) is 54.9 Å². The van der Waals surface area contributed by atoms with Gasteiger partial charge in [-0.3, -0.25) is 4.98 Å². The van der Waals surface area contributed by atoms with E-state index in [1.807, 2.05) is 30.3 Å². The number of rotatable bonds is 3. The fourth-order valence-electron chi connectivity index (χ4n) is 2.46. The van der Waals surface area contributed by atoms with Crippen molar-refractivity contribution in [2.45, 2.75) is 6.61 Å². The molecule has 2 amide bonds. The number of piperazine rings is 1. The first-order valence-electron chi connectivity index (χ1n) is 8.05. The molecule has 130 valence electrons. The summed E-state index contributed by atoms with van der Waals surface area (Å²) >= 11 is 0. The molecule has 1 aromatic carbocycles. The Hall–Kier alpha value is -3.09. The highest BCUT2D eigenvalue weighted by Gasteiger charge is 2.26. The third kappa shape index (κ3) is 4.69. The van der Waals surface area contributed by atoms with Crippen molar-refractivity contribution in [1.29, 1.82) is 0 Å². The molecule has 0 aliphatic carbocycles. The Morgan fingerprint density at radius 2 is 1.60 bits per heavy atom. The van der Waals surface area contributed by atoms with Crippen LogP contribution in [0.5, 0.6) is 5.75 Å². The molecule has 1 aliphatic heterocycles. The van der Waals surface area contributed by atoms with Gasteiger partial charge in [-0.1, -0.05) is 30.3 Å². The molecule has 0 N–H and O–H groups in total. The molecular formula is C18H19N3O4. The van der Waals surface area contributed by atoms with E-state index in [4.69, 9.17) is 9.47 Å². The summed E-state index contributed by atoms with van der Waals surface area (Å²) in [5.74, 6) is 0.400. The lowest BCUT2D eigenvalue weighted by molar-refractivity contribution is 0.0705. The van der Waals surface area contributed by atoms with Gasteiger partial charge >= 0.3 is 12.2 Å². The van der Waals surface area contributed by atoms with Crippen molar-refractivity contribution in [1.82, 2.24) is 14.8 Å². The lowest BCUT2D eigenvalue weighted by atomic mass is 10.2. The second kappa shape index (κ2) is 8.14. The van der Waals surface area contributed by atoms with Crippen molar-refractivity contribution >= 4 is 12.2 Å². The lowest BCUT2D eigenvalue weighted by Gasteiger charge is -2.33. The maximum absolute atomic E-state index is 12.1. The molecule has 7 heteroatoms. The second-order valence-corrected chi connectivity index (χ2v) is 5.57. The van der Waals surface area contributed by atoms with E-state index in [1.165, 1.54) is 6.20 Å². The maximum Gasteiger partial charge on any atom is 0.415 e. The van der Waals surface area contributed by atoms with Gasteiger partial charge in [0.15, 0.2) is 5.75 Å². The van der Waals surface area contributed by atoms with E-state index in [-0.39, 0.29) is 12.7 Å². The van der Waals surface area contributed by atoms with E-state index >= 15 is 0 Å². The Labute approximate surface area is 145 Å². The van der Waals surface area contributed by atoms with E-state index in [2.05, 4.69) is 4.98 Å². The largest absolute Gasteiger partial charge is 0.445 e. The van der Waals surface area contributed by atoms with Gasteiger partial charge in [0.05, 0.1) is 6.20 Å². The molecule has 1 aliphatic rings. The highest BCUT2D eigenvalue weighted by Crippen LogP contribution is 2.11. The number of benzene rings is 1. The van der Waals surface area contributed by atoms with Gasteiger partial charge in [0.1, 0.15) is 6.61 Å². The first-order chi connectivity index (χ1) is 12.2. The number of carbonyl (C=O) groups is 2. The summed E-state index contributed by atoms with van der Waals surface area (Å²) < 4.78 is 10.5. The molecule has 25 heavy (non-hydrogen) atoms. The van der Waals surface area contributed by atoms with Gasteiger partial charge < -0.3 is 19.3 Å². The summed E-state index contributed by atoms with van der Waals surface area (Å²) in [6, 6.07) is 12.9. The van der Waals surface area contributed by atoms with E-state index in [9.17, 15) is 9.59 Å². The van der Waals surface area contributed by atoms with Gasteiger partial charge in [0, 0.05) is 32.4 Å². The molecule has 1 aromatic heterocycles. The van der Waals surface area contributed by atoms with E-state index in [0.717, 1.165) is 5.56 Å². The van der Waals surface area contributed by atoms with Crippen LogP contribution < -0.4 is 4.74 Å². The van der Waals surface area contributed by atoms with Gasteiger partial charge in [-0.2, -0.15) is 0 Å². The average Bonchev–Trinajstić information content (AvgIpc) is 2.68. The van der Waals surface area contributed by atoms with Crippen LogP contribution in [0, 0.1) is 0 Å². The SMILES string of the molecule is O=C(OCc1ccccc1)N1CCN(C(=O)Oc2cccnc2)CC1. The number of aromatic nitrogens is 1. The van der Waals surface area contributed by atoms with E-state index < -0.39 is 6.09 Å². The Kier molecular flexibility index (Phi) is 5.46. The van der Waals surface area contributed by atoms with Crippen LogP contribution in [0.2, 0.25) is 0 Å². The first kappa shape index (κ1) is 16.8. The molecule has 1 fully saturated rings. The summed E-state index contributed by atoms with van der Waals surface area (Å²) in [5.41, 5.74) is 0.939. The predicted molar refractivity (Wildman–Crippen MR) is 90.0 cm³/mol. The summed E-state index contributed by atoms with van der Waals surface area (Å²) in [7, 11) is 0. The van der Waals surface area contributed by atoms with Crippen LogP contribution in [0.4, 0.5) is 9.59 Å². The highest BCUT2D eigenvalue weighted by molar-refractivity contribution is 5.72. The van der Waals surface area contributed by atoms with Gasteiger partial charge in [-0.15, -0.1) is 0 Å². The number of carbonyl (C=O) groups excluding carboxylic acids is 2. The molecule has 0 radical (unpaired) electrons. The molecule has 0 spiro atoms. The molecule has 3 rings (SSSR count). The normalized spacial score (nSPS) is 14.1. The summed E-state index contributed by atoms with van der Waals surface area (Å²) in [6.45, 7) is 1.87. The van der Waals surface area contributed by atoms with Crippen molar-refractivity contribution in [3.05, 3.63) is 60.4 Å². The minimum absolute atomic E-state index is 0.239. The molecule has 1 saturated heterocycles. The first-order valence-corrected chi connectivity index (χ1v) is 8.05. The zero-order valence-electron chi connectivity index (χ0n) is 13.7. The monoisotopic (exact) mass is 341 g/mol. The van der Waals surface area contributed by atoms with Crippen molar-refractivity contribution in [3.8, 4) is 5.75 Å². The number of amides is 2. The second-order valence-electron chi connectivity index (χ2n) is 5.57. The highest BCUT2D eigenvalue weighted by atomic mass is 16.6. The van der Waals surface area contributed by atoms with Gasteiger partial charge in [-0.05, 0) is 17.7 Å². The van der Waals surface area contributed by atoms with Crippen LogP contribution in [0.25, 0.3) is 0 Å². The van der Waals surface area contributed by atoms with E-state index in [0.29, 0.717) is 31.9 Å². The number of pyridine rings is 1. The van der Waals surface area contributed by atoms with E-state index in [1.54, 1.807) is 28.1 Å². The molecule has 0 unspecified atom stereocenters. The fourth-order valence-corrected chi connectivity index (χ4v) is 2.46. The number of hydrogen-bond donors (Lipinski definition) is 0. The molecule has 0 saturated carbocycles. The zero-order valence-corrected chi connectivity index (χ0v) is 13.7. The Balaban J connectivity index is 1.43. The van der Waals surface area contributed by atoms with Crippen LogP contribution in [-0.4, -0.2) is 53.1 Å². The molecular weight excluding hydrogens is 322 g/mol. The minimum atomic E-state index is -0.440. The molecule has 2 heterocycles. The lowest BCUT2D eigenvalue weighted by Crippen LogP contribution is -2.51. The number of nitrogens with zero attached hydrogens (tertiary/aromatic N) is 3. The van der Waals surface area contributed by atoms with Gasteiger partial charge in [-0.25, -0.2) is 9.59 Å². The van der Waals surface area contributed by atoms with Crippen molar-refractivity contribution in [2.75, 3.05) is 26.2 Å².